The van der Waals surface area contributed by atoms with Crippen LogP contribution in [0.3, 0.4) is 0 Å². The molecule has 1 aromatic rings. The van der Waals surface area contributed by atoms with Gasteiger partial charge in [-0.15, -0.1) is 0 Å². The van der Waals surface area contributed by atoms with Crippen molar-refractivity contribution in [3.63, 3.8) is 0 Å². The van der Waals surface area contributed by atoms with E-state index in [1.165, 1.54) is 19.4 Å². The monoisotopic (exact) mass is 332 g/mol. The number of nitrogens with zero attached hydrogens (tertiary/aromatic N) is 3. The van der Waals surface area contributed by atoms with Crippen LogP contribution in [-0.2, 0) is 0 Å². The first-order valence-corrected chi connectivity index (χ1v) is 6.83. The molecule has 0 aliphatic carbocycles. The Balaban J connectivity index is 1.85. The van der Waals surface area contributed by atoms with Gasteiger partial charge < -0.3 is 5.32 Å². The Hall–Kier alpha value is -0.430. The molecule has 5 heteroatoms. The van der Waals surface area contributed by atoms with Crippen LogP contribution in [0.25, 0.3) is 0 Å². The lowest BCUT2D eigenvalue weighted by Gasteiger charge is -2.22. The van der Waals surface area contributed by atoms with Crippen molar-refractivity contribution in [3.8, 4) is 0 Å². The van der Waals surface area contributed by atoms with E-state index in [2.05, 4.69) is 49.7 Å². The first-order chi connectivity index (χ1) is 7.79. The van der Waals surface area contributed by atoms with Crippen molar-refractivity contribution in [3.05, 3.63) is 16.0 Å². The molecule has 4 nitrogen and oxygen atoms in total. The highest BCUT2D eigenvalue weighted by atomic mass is 127. The number of anilines is 1. The lowest BCUT2D eigenvalue weighted by atomic mass is 10.2. The molecule has 1 fully saturated rings. The second-order valence-electron chi connectivity index (χ2n) is 4.03. The summed E-state index contributed by atoms with van der Waals surface area (Å²) in [5.74, 6) is 0.739. The maximum Gasteiger partial charge on any atom is 0.222 e. The van der Waals surface area contributed by atoms with Gasteiger partial charge in [0.15, 0.2) is 0 Å². The molecule has 1 aliphatic rings. The van der Waals surface area contributed by atoms with Crippen LogP contribution in [0.4, 0.5) is 5.95 Å². The predicted octanol–water partition coefficient (Wildman–Crippen LogP) is 1.98. The molecule has 0 saturated carbocycles. The van der Waals surface area contributed by atoms with Crippen LogP contribution in [-0.4, -0.2) is 40.5 Å². The molecule has 0 bridgehead atoms. The van der Waals surface area contributed by atoms with Gasteiger partial charge >= 0.3 is 0 Å². The van der Waals surface area contributed by atoms with Crippen molar-refractivity contribution in [2.24, 2.45) is 0 Å². The number of likely N-dealkylation sites (tertiary alicyclic amines) is 1. The van der Waals surface area contributed by atoms with E-state index in [0.717, 1.165) is 22.6 Å². The van der Waals surface area contributed by atoms with Gasteiger partial charge in [-0.3, -0.25) is 4.90 Å². The van der Waals surface area contributed by atoms with E-state index in [1.54, 1.807) is 0 Å². The highest BCUT2D eigenvalue weighted by Crippen LogP contribution is 2.16. The van der Waals surface area contributed by atoms with E-state index in [1.807, 2.05) is 12.4 Å². The first-order valence-electron chi connectivity index (χ1n) is 5.75. The van der Waals surface area contributed by atoms with E-state index >= 15 is 0 Å². The molecule has 1 unspecified atom stereocenters. The van der Waals surface area contributed by atoms with Gasteiger partial charge in [-0.25, -0.2) is 9.97 Å². The minimum atomic E-state index is 0.646. The molecule has 88 valence electrons. The fourth-order valence-electron chi connectivity index (χ4n) is 2.16. The fraction of sp³-hybridized carbons (Fsp3) is 0.636. The van der Waals surface area contributed by atoms with Gasteiger partial charge in [0.25, 0.3) is 0 Å². The smallest absolute Gasteiger partial charge is 0.222 e. The minimum Gasteiger partial charge on any atom is -0.353 e. The summed E-state index contributed by atoms with van der Waals surface area (Å²) in [7, 11) is 0. The lowest BCUT2D eigenvalue weighted by Crippen LogP contribution is -2.34. The molecular weight excluding hydrogens is 315 g/mol. The van der Waals surface area contributed by atoms with Crippen molar-refractivity contribution < 1.29 is 0 Å². The Labute approximate surface area is 110 Å². The van der Waals surface area contributed by atoms with E-state index in [-0.39, 0.29) is 0 Å². The third kappa shape index (κ3) is 3.04. The summed E-state index contributed by atoms with van der Waals surface area (Å²) in [4.78, 5) is 11.0. The molecule has 2 rings (SSSR count). The Morgan fingerprint density at radius 3 is 2.94 bits per heavy atom. The average molecular weight is 332 g/mol. The molecular formula is C11H17IN4. The van der Waals surface area contributed by atoms with Crippen molar-refractivity contribution in [2.45, 2.75) is 25.8 Å². The van der Waals surface area contributed by atoms with Crippen molar-refractivity contribution in [1.29, 1.82) is 0 Å². The quantitative estimate of drug-likeness (QED) is 0.856. The zero-order valence-electron chi connectivity index (χ0n) is 9.49. The maximum absolute atomic E-state index is 4.24. The Kier molecular flexibility index (Phi) is 4.34. The Bertz CT molecular complexity index is 327. The van der Waals surface area contributed by atoms with Gasteiger partial charge in [0, 0.05) is 28.6 Å². The summed E-state index contributed by atoms with van der Waals surface area (Å²) in [5.41, 5.74) is 0. The third-order valence-corrected chi connectivity index (χ3v) is 3.58. The van der Waals surface area contributed by atoms with Gasteiger partial charge in [0.05, 0.1) is 0 Å². The molecule has 1 N–H and O–H groups in total. The average Bonchev–Trinajstić information content (AvgIpc) is 2.76. The molecule has 0 aromatic carbocycles. The standard InChI is InChI=1S/C11H17IN4/c1-2-16-5-3-4-10(16)8-15-11-13-6-9(12)7-14-11/h6-7,10H,2-5,8H2,1H3,(H,13,14,15). The summed E-state index contributed by atoms with van der Waals surface area (Å²) >= 11 is 2.21. The molecule has 0 radical (unpaired) electrons. The molecule has 0 spiro atoms. The summed E-state index contributed by atoms with van der Waals surface area (Å²) < 4.78 is 1.07. The largest absolute Gasteiger partial charge is 0.353 e. The van der Waals surface area contributed by atoms with Gasteiger partial charge in [-0.2, -0.15) is 0 Å². The second-order valence-corrected chi connectivity index (χ2v) is 5.28. The highest BCUT2D eigenvalue weighted by Gasteiger charge is 2.22. The van der Waals surface area contributed by atoms with Gasteiger partial charge in [0.1, 0.15) is 0 Å². The fourth-order valence-corrected chi connectivity index (χ4v) is 2.43. The normalized spacial score (nSPS) is 21.2. The van der Waals surface area contributed by atoms with Crippen LogP contribution in [0.1, 0.15) is 19.8 Å². The summed E-state index contributed by atoms with van der Waals surface area (Å²) in [6.45, 7) is 5.55. The maximum atomic E-state index is 4.24. The molecule has 16 heavy (non-hydrogen) atoms. The second kappa shape index (κ2) is 5.77. The van der Waals surface area contributed by atoms with Crippen LogP contribution >= 0.6 is 22.6 Å². The van der Waals surface area contributed by atoms with Crippen molar-refractivity contribution in [2.75, 3.05) is 25.0 Å². The number of hydrogen-bond donors (Lipinski definition) is 1. The minimum absolute atomic E-state index is 0.646. The SMILES string of the molecule is CCN1CCCC1CNc1ncc(I)cn1. The van der Waals surface area contributed by atoms with Gasteiger partial charge in [-0.05, 0) is 48.5 Å². The van der Waals surface area contributed by atoms with E-state index in [9.17, 15) is 0 Å². The number of halogens is 1. The van der Waals surface area contributed by atoms with E-state index < -0.39 is 0 Å². The number of nitrogens with one attached hydrogen (secondary N) is 1. The van der Waals surface area contributed by atoms with Crippen LogP contribution in [0.2, 0.25) is 0 Å². The molecule has 1 saturated heterocycles. The van der Waals surface area contributed by atoms with Crippen LogP contribution in [0.5, 0.6) is 0 Å². The number of likely N-dealkylation sites (N-methyl/N-ethyl adjacent to an activating group) is 1. The van der Waals surface area contributed by atoms with Crippen LogP contribution in [0.15, 0.2) is 12.4 Å². The van der Waals surface area contributed by atoms with Crippen molar-refractivity contribution in [1.82, 2.24) is 14.9 Å². The number of hydrogen-bond acceptors (Lipinski definition) is 4. The summed E-state index contributed by atoms with van der Waals surface area (Å²) in [6, 6.07) is 0.646. The van der Waals surface area contributed by atoms with Gasteiger partial charge in [-0.1, -0.05) is 6.92 Å². The Morgan fingerprint density at radius 1 is 1.50 bits per heavy atom. The predicted molar refractivity (Wildman–Crippen MR) is 73.5 cm³/mol. The molecule has 1 aromatic heterocycles. The topological polar surface area (TPSA) is 41.0 Å². The molecule has 2 heterocycles. The molecule has 1 atom stereocenters. The van der Waals surface area contributed by atoms with E-state index in [0.29, 0.717) is 6.04 Å². The van der Waals surface area contributed by atoms with Crippen molar-refractivity contribution >= 4 is 28.5 Å². The van der Waals surface area contributed by atoms with Crippen LogP contribution in [0, 0.1) is 3.57 Å². The summed E-state index contributed by atoms with van der Waals surface area (Å²) in [6.07, 6.45) is 6.27. The molecule has 0 amide bonds. The number of rotatable bonds is 4. The Morgan fingerprint density at radius 2 is 2.25 bits per heavy atom. The first kappa shape index (κ1) is 12.0. The molecule has 1 aliphatic heterocycles. The summed E-state index contributed by atoms with van der Waals surface area (Å²) in [5, 5.41) is 3.31. The number of aromatic nitrogens is 2. The third-order valence-electron chi connectivity index (χ3n) is 3.02. The zero-order valence-corrected chi connectivity index (χ0v) is 11.6. The zero-order chi connectivity index (χ0) is 11.4. The van der Waals surface area contributed by atoms with Gasteiger partial charge in [0.2, 0.25) is 5.95 Å². The van der Waals surface area contributed by atoms with E-state index in [4.69, 9.17) is 0 Å². The van der Waals surface area contributed by atoms with Crippen LogP contribution < -0.4 is 5.32 Å². The highest BCUT2D eigenvalue weighted by molar-refractivity contribution is 14.1. The lowest BCUT2D eigenvalue weighted by molar-refractivity contribution is 0.277.